The lowest BCUT2D eigenvalue weighted by atomic mass is 10.1. The molecule has 1 aliphatic rings. The zero-order chi connectivity index (χ0) is 23.3. The number of nitrogens with one attached hydrogen (secondary N) is 1. The predicted molar refractivity (Wildman–Crippen MR) is 126 cm³/mol. The van der Waals surface area contributed by atoms with E-state index in [1.807, 2.05) is 42.5 Å². The number of para-hydroxylation sites is 1. The number of carbonyl (C=O) groups excluding carboxylic acids is 1. The lowest BCUT2D eigenvalue weighted by molar-refractivity contribution is 0.164. The van der Waals surface area contributed by atoms with E-state index in [4.69, 9.17) is 14.2 Å². The largest absolute Gasteiger partial charge is 0.486 e. The number of anilines is 2. The molecule has 2 N–H and O–H groups in total. The number of fused-ring (bicyclic) bond motifs is 1. The Kier molecular flexibility index (Phi) is 6.80. The van der Waals surface area contributed by atoms with E-state index in [2.05, 4.69) is 24.6 Å². The highest BCUT2D eigenvalue weighted by molar-refractivity contribution is 7.98. The molecule has 3 aromatic rings. The van der Waals surface area contributed by atoms with Crippen molar-refractivity contribution < 1.29 is 23.6 Å². The van der Waals surface area contributed by atoms with Crippen LogP contribution >= 0.6 is 0 Å². The minimum atomic E-state index is -2.86. The van der Waals surface area contributed by atoms with E-state index in [0.29, 0.717) is 42.0 Å². The minimum Gasteiger partial charge on any atom is -0.486 e. The summed E-state index contributed by atoms with van der Waals surface area (Å²) in [6.07, 6.45) is 2.24. The lowest BCUT2D eigenvalue weighted by Crippen LogP contribution is -2.16. The molecule has 0 radical (unpaired) electrons. The van der Waals surface area contributed by atoms with Crippen molar-refractivity contribution in [3.05, 3.63) is 54.4 Å². The summed E-state index contributed by atoms with van der Waals surface area (Å²) in [5, 5.41) is 3.16. The summed E-state index contributed by atoms with van der Waals surface area (Å²) >= 11 is 0. The van der Waals surface area contributed by atoms with Gasteiger partial charge in [0.25, 0.3) is 0 Å². The average Bonchev–Trinajstić information content (AvgIpc) is 2.78. The lowest BCUT2D eigenvalue weighted by Gasteiger charge is -2.20. The number of thiol groups is 1. The molecule has 0 atom stereocenters. The molecule has 2 aromatic carbocycles. The highest BCUT2D eigenvalue weighted by atomic mass is 32.3. The van der Waals surface area contributed by atoms with Gasteiger partial charge in [0, 0.05) is 11.4 Å². The van der Waals surface area contributed by atoms with Crippen LogP contribution in [-0.2, 0) is 20.6 Å². The molecule has 33 heavy (non-hydrogen) atoms. The molecule has 4 rings (SSSR count). The molecule has 1 aliphatic heterocycles. The first kappa shape index (κ1) is 22.6. The number of nitrogens with zero attached hydrogens (tertiary/aromatic N) is 4. The zero-order valence-electron chi connectivity index (χ0n) is 18.3. The first-order chi connectivity index (χ1) is 15.9. The van der Waals surface area contributed by atoms with Crippen LogP contribution in [0.4, 0.5) is 16.4 Å². The summed E-state index contributed by atoms with van der Waals surface area (Å²) < 4.78 is 30.6. The number of amides is 1. The maximum atomic E-state index is 11.6. The molecule has 10 nitrogen and oxygen atoms in total. The van der Waals surface area contributed by atoms with Crippen LogP contribution in [0.25, 0.3) is 11.4 Å². The molecule has 1 amide bonds. The second-order valence-electron chi connectivity index (χ2n) is 7.33. The number of benzene rings is 2. The molecule has 11 heteroatoms. The SMILES string of the molecule is CCOC(=O)N=[SH](C)(O)Cc1cccc(Nc2ncnc(-c3cccc4c3OCCO4)n2)c1. The van der Waals surface area contributed by atoms with Gasteiger partial charge in [0.05, 0.1) is 12.2 Å². The van der Waals surface area contributed by atoms with Crippen molar-refractivity contribution in [2.24, 2.45) is 4.36 Å². The van der Waals surface area contributed by atoms with Crippen LogP contribution in [-0.4, -0.2) is 51.7 Å². The van der Waals surface area contributed by atoms with E-state index in [1.54, 1.807) is 13.2 Å². The summed E-state index contributed by atoms with van der Waals surface area (Å²) in [5.41, 5.74) is 2.24. The Bertz CT molecular complexity index is 1210. The quantitative estimate of drug-likeness (QED) is 0.459. The monoisotopic (exact) mass is 471 g/mol. The second-order valence-corrected chi connectivity index (χ2v) is 10.0. The summed E-state index contributed by atoms with van der Waals surface area (Å²) in [4.78, 5) is 24.6. The molecule has 0 fully saturated rings. The molecular formula is C22H25N5O5S. The Balaban J connectivity index is 1.54. The maximum absolute atomic E-state index is 11.6. The highest BCUT2D eigenvalue weighted by Gasteiger charge is 2.19. The number of hydrogen-bond donors (Lipinski definition) is 3. The van der Waals surface area contributed by atoms with E-state index in [9.17, 15) is 9.35 Å². The van der Waals surface area contributed by atoms with Crippen molar-refractivity contribution >= 4 is 27.8 Å². The minimum absolute atomic E-state index is 0.209. The first-order valence-corrected chi connectivity index (χ1v) is 12.7. The van der Waals surface area contributed by atoms with Crippen LogP contribution in [0.15, 0.2) is 53.2 Å². The van der Waals surface area contributed by atoms with Gasteiger partial charge in [-0.2, -0.15) is 9.35 Å². The van der Waals surface area contributed by atoms with Gasteiger partial charge in [0.2, 0.25) is 5.95 Å². The summed E-state index contributed by atoms with van der Waals surface area (Å²) in [7, 11) is -2.86. The molecule has 2 heterocycles. The van der Waals surface area contributed by atoms with Crippen molar-refractivity contribution in [1.29, 1.82) is 0 Å². The van der Waals surface area contributed by atoms with Crippen molar-refractivity contribution in [2.45, 2.75) is 12.7 Å². The molecular weight excluding hydrogens is 446 g/mol. The number of rotatable bonds is 6. The van der Waals surface area contributed by atoms with Crippen LogP contribution in [0, 0.1) is 0 Å². The normalized spacial score (nSPS) is 13.2. The summed E-state index contributed by atoms with van der Waals surface area (Å²) in [6, 6.07) is 13.0. The standard InChI is InChI=1S/C22H25N5O5S/c1-3-30-22(28)27-33(2,29)13-15-6-4-7-16(12-15)25-21-24-14-23-20(26-21)17-8-5-9-18-19(17)32-11-10-31-18/h4-9,12,14,33H,3,10-11,13H2,1-2H3,(H,27,28,29)(H,23,24,25,26). The van der Waals surface area contributed by atoms with Gasteiger partial charge in [-0.05, 0) is 43.0 Å². The number of ether oxygens (including phenoxy) is 3. The van der Waals surface area contributed by atoms with E-state index in [0.717, 1.165) is 11.3 Å². The molecule has 0 bridgehead atoms. The Hall–Kier alpha value is -3.57. The third-order valence-corrected chi connectivity index (χ3v) is 6.17. The highest BCUT2D eigenvalue weighted by Crippen LogP contribution is 2.38. The van der Waals surface area contributed by atoms with Gasteiger partial charge in [-0.1, -0.05) is 28.3 Å². The van der Waals surface area contributed by atoms with Crippen molar-refractivity contribution in [1.82, 2.24) is 15.0 Å². The van der Waals surface area contributed by atoms with Crippen molar-refractivity contribution in [3.8, 4) is 22.9 Å². The van der Waals surface area contributed by atoms with Crippen molar-refractivity contribution in [2.75, 3.05) is 31.4 Å². The molecule has 0 unspecified atom stereocenters. The van der Waals surface area contributed by atoms with Gasteiger partial charge in [-0.15, -0.1) is 0 Å². The van der Waals surface area contributed by atoms with Gasteiger partial charge < -0.3 is 24.1 Å². The van der Waals surface area contributed by atoms with Crippen LogP contribution in [0.1, 0.15) is 12.5 Å². The molecule has 174 valence electrons. The second kappa shape index (κ2) is 9.92. The molecule has 0 saturated heterocycles. The fraction of sp³-hybridized carbons (Fsp3) is 0.273. The van der Waals surface area contributed by atoms with Gasteiger partial charge >= 0.3 is 6.09 Å². The zero-order valence-corrected chi connectivity index (χ0v) is 19.2. The van der Waals surface area contributed by atoms with Gasteiger partial charge in [0.1, 0.15) is 19.5 Å². The summed E-state index contributed by atoms with van der Waals surface area (Å²) in [6.45, 7) is 2.86. The molecule has 1 aromatic heterocycles. The molecule has 0 aliphatic carbocycles. The number of aromatic nitrogens is 3. The third kappa shape index (κ3) is 5.82. The van der Waals surface area contributed by atoms with E-state index < -0.39 is 16.2 Å². The smallest absolute Gasteiger partial charge is 0.439 e. The topological polar surface area (TPSA) is 128 Å². The van der Waals surface area contributed by atoms with Gasteiger partial charge in [-0.3, -0.25) is 0 Å². The van der Waals surface area contributed by atoms with Crippen LogP contribution in [0.3, 0.4) is 0 Å². The number of hydrogen-bond acceptors (Lipinski definition) is 8. The fourth-order valence-corrected chi connectivity index (χ4v) is 4.69. The van der Waals surface area contributed by atoms with E-state index in [1.165, 1.54) is 6.33 Å². The van der Waals surface area contributed by atoms with Crippen LogP contribution < -0.4 is 14.8 Å². The predicted octanol–water partition coefficient (Wildman–Crippen LogP) is 3.88. The fourth-order valence-electron chi connectivity index (χ4n) is 3.32. The Morgan fingerprint density at radius 1 is 1.21 bits per heavy atom. The van der Waals surface area contributed by atoms with Crippen LogP contribution in [0.2, 0.25) is 0 Å². The molecule has 0 spiro atoms. The average molecular weight is 472 g/mol. The summed E-state index contributed by atoms with van der Waals surface area (Å²) in [5.74, 6) is 2.30. The first-order valence-electron chi connectivity index (χ1n) is 10.4. The number of carbonyl (C=O) groups is 1. The van der Waals surface area contributed by atoms with Crippen molar-refractivity contribution in [3.63, 3.8) is 0 Å². The van der Waals surface area contributed by atoms with E-state index in [-0.39, 0.29) is 12.4 Å². The molecule has 0 saturated carbocycles. The van der Waals surface area contributed by atoms with E-state index >= 15 is 0 Å². The Morgan fingerprint density at radius 3 is 2.88 bits per heavy atom. The third-order valence-electron chi connectivity index (χ3n) is 4.61. The van der Waals surface area contributed by atoms with Crippen LogP contribution in [0.5, 0.6) is 11.5 Å². The maximum Gasteiger partial charge on any atom is 0.439 e. The van der Waals surface area contributed by atoms with Gasteiger partial charge in [-0.25, -0.2) is 14.8 Å². The Morgan fingerprint density at radius 2 is 2.03 bits per heavy atom. The Labute approximate surface area is 192 Å². The van der Waals surface area contributed by atoms with Gasteiger partial charge in [0.15, 0.2) is 17.3 Å².